The number of fused-ring (bicyclic) bond motifs is 1. The summed E-state index contributed by atoms with van der Waals surface area (Å²) in [7, 11) is 0. The lowest BCUT2D eigenvalue weighted by Crippen LogP contribution is -2.10. The van der Waals surface area contributed by atoms with Crippen molar-refractivity contribution in [3.8, 4) is 11.1 Å². The quantitative estimate of drug-likeness (QED) is 0.705. The normalized spacial score (nSPS) is 14.1. The second-order valence-corrected chi connectivity index (χ2v) is 6.32. The molecule has 0 spiro atoms. The Morgan fingerprint density at radius 3 is 2.61 bits per heavy atom. The zero-order chi connectivity index (χ0) is 16.4. The Morgan fingerprint density at radius 1 is 1.17 bits per heavy atom. The highest BCUT2D eigenvalue weighted by Gasteiger charge is 2.22. The van der Waals surface area contributed by atoms with Crippen LogP contribution in [0.1, 0.15) is 42.6 Å². The summed E-state index contributed by atoms with van der Waals surface area (Å²) in [5, 5.41) is 4.15. The number of Topliss-reactive ketones (excluding diaryl/α,β-unsaturated/α-hetero) is 1. The van der Waals surface area contributed by atoms with Gasteiger partial charge < -0.3 is 5.32 Å². The van der Waals surface area contributed by atoms with Crippen LogP contribution in [-0.2, 0) is 0 Å². The summed E-state index contributed by atoms with van der Waals surface area (Å²) < 4.78 is 0. The number of benzene rings is 2. The smallest absolute Gasteiger partial charge is 0.160 e. The second-order valence-electron chi connectivity index (χ2n) is 5.91. The number of ketones is 1. The van der Waals surface area contributed by atoms with Gasteiger partial charge in [0.05, 0.1) is 10.7 Å². The standard InChI is InChI=1S/C20H20ClNO/c1-13-8-6-7-11-22-20-18(13)17(21)12-16(14(2)23)19(20)15-9-4-3-5-10-15/h3-5,8-10,12,22H,6-7,11H2,1-2H3. The van der Waals surface area contributed by atoms with E-state index in [9.17, 15) is 4.79 Å². The number of anilines is 1. The van der Waals surface area contributed by atoms with E-state index in [0.717, 1.165) is 47.3 Å². The minimum absolute atomic E-state index is 0.0269. The Kier molecular flexibility index (Phi) is 4.53. The summed E-state index contributed by atoms with van der Waals surface area (Å²) >= 11 is 6.54. The number of rotatable bonds is 2. The zero-order valence-electron chi connectivity index (χ0n) is 13.4. The van der Waals surface area contributed by atoms with Crippen LogP contribution in [0.15, 0.2) is 42.5 Å². The van der Waals surface area contributed by atoms with Crippen molar-refractivity contribution in [3.63, 3.8) is 0 Å². The van der Waals surface area contributed by atoms with Crippen LogP contribution in [0.2, 0.25) is 5.02 Å². The van der Waals surface area contributed by atoms with Crippen molar-refractivity contribution >= 4 is 28.6 Å². The fourth-order valence-electron chi connectivity index (χ4n) is 3.13. The van der Waals surface area contributed by atoms with E-state index in [2.05, 4.69) is 18.3 Å². The first-order chi connectivity index (χ1) is 11.1. The number of allylic oxidation sites excluding steroid dienone is 2. The molecular formula is C20H20ClNO. The molecule has 1 aliphatic heterocycles. The Labute approximate surface area is 142 Å². The molecule has 23 heavy (non-hydrogen) atoms. The summed E-state index contributed by atoms with van der Waals surface area (Å²) in [4.78, 5) is 12.2. The molecule has 0 unspecified atom stereocenters. The van der Waals surface area contributed by atoms with Gasteiger partial charge in [-0.2, -0.15) is 0 Å². The third kappa shape index (κ3) is 3.04. The largest absolute Gasteiger partial charge is 0.384 e. The van der Waals surface area contributed by atoms with Gasteiger partial charge in [-0.1, -0.05) is 48.0 Å². The van der Waals surface area contributed by atoms with E-state index in [-0.39, 0.29) is 5.78 Å². The van der Waals surface area contributed by atoms with Crippen LogP contribution >= 0.6 is 11.6 Å². The second kappa shape index (κ2) is 6.59. The minimum Gasteiger partial charge on any atom is -0.384 e. The molecule has 2 aromatic carbocycles. The number of halogens is 1. The predicted octanol–water partition coefficient (Wildman–Crippen LogP) is 5.82. The molecule has 0 atom stereocenters. The maximum atomic E-state index is 12.2. The highest BCUT2D eigenvalue weighted by molar-refractivity contribution is 6.34. The van der Waals surface area contributed by atoms with Gasteiger partial charge >= 0.3 is 0 Å². The van der Waals surface area contributed by atoms with E-state index in [1.54, 1.807) is 6.92 Å². The molecular weight excluding hydrogens is 306 g/mol. The Hall–Kier alpha value is -2.06. The van der Waals surface area contributed by atoms with Gasteiger partial charge in [-0.3, -0.25) is 4.79 Å². The number of carbonyl (C=O) groups is 1. The van der Waals surface area contributed by atoms with Gasteiger partial charge in [-0.15, -0.1) is 0 Å². The lowest BCUT2D eigenvalue weighted by atomic mass is 9.89. The first-order valence-electron chi connectivity index (χ1n) is 7.93. The van der Waals surface area contributed by atoms with E-state index in [1.807, 2.05) is 36.4 Å². The molecule has 0 saturated heterocycles. The topological polar surface area (TPSA) is 29.1 Å². The molecule has 118 valence electrons. The van der Waals surface area contributed by atoms with Crippen molar-refractivity contribution in [1.29, 1.82) is 0 Å². The Morgan fingerprint density at radius 2 is 1.91 bits per heavy atom. The van der Waals surface area contributed by atoms with E-state index >= 15 is 0 Å². The summed E-state index contributed by atoms with van der Waals surface area (Å²) in [6.07, 6.45) is 4.32. The average molecular weight is 326 g/mol. The first kappa shape index (κ1) is 15.8. The van der Waals surface area contributed by atoms with Crippen LogP contribution in [0.4, 0.5) is 5.69 Å². The van der Waals surface area contributed by atoms with Crippen LogP contribution in [0.5, 0.6) is 0 Å². The predicted molar refractivity (Wildman–Crippen MR) is 98.3 cm³/mol. The van der Waals surface area contributed by atoms with Crippen LogP contribution in [-0.4, -0.2) is 12.3 Å². The maximum Gasteiger partial charge on any atom is 0.160 e. The van der Waals surface area contributed by atoms with Gasteiger partial charge in [-0.25, -0.2) is 0 Å². The number of hydrogen-bond acceptors (Lipinski definition) is 2. The molecule has 1 aliphatic rings. The highest BCUT2D eigenvalue weighted by atomic mass is 35.5. The molecule has 0 aliphatic carbocycles. The van der Waals surface area contributed by atoms with E-state index < -0.39 is 0 Å². The number of hydrogen-bond donors (Lipinski definition) is 1. The number of nitrogens with one attached hydrogen (secondary N) is 1. The van der Waals surface area contributed by atoms with E-state index in [0.29, 0.717) is 10.6 Å². The van der Waals surface area contributed by atoms with Crippen molar-refractivity contribution in [1.82, 2.24) is 0 Å². The first-order valence-corrected chi connectivity index (χ1v) is 8.31. The van der Waals surface area contributed by atoms with Crippen LogP contribution in [0, 0.1) is 0 Å². The maximum absolute atomic E-state index is 12.2. The lowest BCUT2D eigenvalue weighted by molar-refractivity contribution is 0.101. The van der Waals surface area contributed by atoms with Gasteiger partial charge in [0.2, 0.25) is 0 Å². The number of carbonyl (C=O) groups excluding carboxylic acids is 1. The fourth-order valence-corrected chi connectivity index (χ4v) is 3.48. The molecule has 2 aromatic rings. The fraction of sp³-hybridized carbons (Fsp3) is 0.250. The van der Waals surface area contributed by atoms with E-state index in [4.69, 9.17) is 11.6 Å². The summed E-state index contributed by atoms with van der Waals surface area (Å²) in [5.41, 5.74) is 5.79. The molecule has 2 nitrogen and oxygen atoms in total. The van der Waals surface area contributed by atoms with Crippen molar-refractivity contribution in [2.24, 2.45) is 0 Å². The molecule has 3 rings (SSSR count). The monoisotopic (exact) mass is 325 g/mol. The average Bonchev–Trinajstić information content (AvgIpc) is 2.52. The van der Waals surface area contributed by atoms with Gasteiger partial charge in [0.1, 0.15) is 0 Å². The summed E-state index contributed by atoms with van der Waals surface area (Å²) in [5.74, 6) is 0.0269. The van der Waals surface area contributed by atoms with Crippen LogP contribution in [0.3, 0.4) is 0 Å². The molecule has 0 saturated carbocycles. The van der Waals surface area contributed by atoms with Gasteiger partial charge in [0, 0.05) is 23.2 Å². The van der Waals surface area contributed by atoms with Crippen molar-refractivity contribution in [2.45, 2.75) is 26.7 Å². The summed E-state index contributed by atoms with van der Waals surface area (Å²) in [6.45, 7) is 4.55. The van der Waals surface area contributed by atoms with E-state index in [1.165, 1.54) is 0 Å². The van der Waals surface area contributed by atoms with Gasteiger partial charge in [0.15, 0.2) is 5.78 Å². The van der Waals surface area contributed by atoms with Crippen LogP contribution < -0.4 is 5.32 Å². The van der Waals surface area contributed by atoms with Crippen molar-refractivity contribution < 1.29 is 4.79 Å². The molecule has 1 heterocycles. The summed E-state index contributed by atoms with van der Waals surface area (Å²) in [6, 6.07) is 11.9. The molecule has 0 bridgehead atoms. The SMILES string of the molecule is CC(=O)c1cc(Cl)c2c(c1-c1ccccc1)NCCCC=C2C. The van der Waals surface area contributed by atoms with Crippen LogP contribution in [0.25, 0.3) is 16.7 Å². The third-order valence-corrected chi connectivity index (χ3v) is 4.55. The Bertz CT molecular complexity index is 778. The molecule has 0 fully saturated rings. The molecule has 0 aromatic heterocycles. The zero-order valence-corrected chi connectivity index (χ0v) is 14.2. The minimum atomic E-state index is 0.0269. The molecule has 1 N–H and O–H groups in total. The van der Waals surface area contributed by atoms with Crippen molar-refractivity contribution in [3.05, 3.63) is 58.6 Å². The molecule has 0 amide bonds. The highest BCUT2D eigenvalue weighted by Crippen LogP contribution is 2.42. The van der Waals surface area contributed by atoms with Gasteiger partial charge in [-0.05, 0) is 43.9 Å². The molecule has 0 radical (unpaired) electrons. The van der Waals surface area contributed by atoms with Crippen molar-refractivity contribution in [2.75, 3.05) is 11.9 Å². The Balaban J connectivity index is 2.38. The third-order valence-electron chi connectivity index (χ3n) is 4.25. The molecule has 3 heteroatoms. The van der Waals surface area contributed by atoms with Gasteiger partial charge in [0.25, 0.3) is 0 Å². The lowest BCUT2D eigenvalue weighted by Gasteiger charge is -2.23.